The quantitative estimate of drug-likeness (QED) is 0.661. The van der Waals surface area contributed by atoms with Gasteiger partial charge in [-0.25, -0.2) is 0 Å². The predicted molar refractivity (Wildman–Crippen MR) is 78.1 cm³/mol. The highest BCUT2D eigenvalue weighted by molar-refractivity contribution is 5.95. The molecule has 0 aliphatic heterocycles. The van der Waals surface area contributed by atoms with Crippen molar-refractivity contribution < 1.29 is 4.74 Å². The molecule has 1 aliphatic rings. The molecule has 0 atom stereocenters. The Kier molecular flexibility index (Phi) is 3.16. The molecule has 0 aromatic heterocycles. The summed E-state index contributed by atoms with van der Waals surface area (Å²) in [5.41, 5.74) is 7.67. The van der Waals surface area contributed by atoms with Crippen LogP contribution in [0.5, 0.6) is 0 Å². The van der Waals surface area contributed by atoms with Crippen LogP contribution < -0.4 is 0 Å². The van der Waals surface area contributed by atoms with E-state index in [-0.39, 0.29) is 0 Å². The molecule has 0 saturated heterocycles. The van der Waals surface area contributed by atoms with Crippen LogP contribution in [0.15, 0.2) is 35.8 Å². The lowest BCUT2D eigenvalue weighted by atomic mass is 9.97. The molecule has 0 spiro atoms. The maximum absolute atomic E-state index is 5.68. The largest absolute Gasteiger partial charge is 0.467 e. The average Bonchev–Trinajstić information content (AvgIpc) is 2.53. The topological polar surface area (TPSA) is 9.23 Å². The molecular weight excluding hydrogens is 220 g/mol. The fourth-order valence-electron chi connectivity index (χ4n) is 2.47. The van der Waals surface area contributed by atoms with Crippen molar-refractivity contribution >= 4 is 11.6 Å². The second-order valence-electron chi connectivity index (χ2n) is 5.09. The highest BCUT2D eigenvalue weighted by Gasteiger charge is 2.20. The van der Waals surface area contributed by atoms with Crippen LogP contribution in [0.2, 0.25) is 0 Å². The summed E-state index contributed by atoms with van der Waals surface area (Å²) >= 11 is 0. The molecule has 0 bridgehead atoms. The van der Waals surface area contributed by atoms with Crippen LogP contribution in [0.25, 0.3) is 11.6 Å². The van der Waals surface area contributed by atoms with Crippen molar-refractivity contribution in [2.75, 3.05) is 0 Å². The van der Waals surface area contributed by atoms with Gasteiger partial charge in [-0.15, -0.1) is 0 Å². The van der Waals surface area contributed by atoms with Gasteiger partial charge in [0.1, 0.15) is 5.76 Å². The monoisotopic (exact) mass is 240 g/mol. The zero-order chi connectivity index (χ0) is 13.4. The van der Waals surface area contributed by atoms with Crippen molar-refractivity contribution in [3.8, 4) is 0 Å². The van der Waals surface area contributed by atoms with E-state index in [2.05, 4.69) is 45.6 Å². The van der Waals surface area contributed by atoms with Gasteiger partial charge in [0, 0.05) is 5.57 Å². The summed E-state index contributed by atoms with van der Waals surface area (Å²) in [6, 6.07) is 4.49. The normalized spacial score (nSPS) is 16.2. The number of fused-ring (bicyclic) bond motifs is 1. The lowest BCUT2D eigenvalue weighted by Crippen LogP contribution is -1.94. The minimum Gasteiger partial charge on any atom is -0.467 e. The van der Waals surface area contributed by atoms with Gasteiger partial charge in [-0.1, -0.05) is 24.8 Å². The minimum atomic E-state index is 0.727. The first-order chi connectivity index (χ1) is 8.40. The Balaban J connectivity index is 2.59. The Bertz CT molecular complexity index is 586. The van der Waals surface area contributed by atoms with Crippen molar-refractivity contribution in [3.63, 3.8) is 0 Å². The molecule has 1 nitrogen and oxygen atoms in total. The zero-order valence-corrected chi connectivity index (χ0v) is 11.8. The van der Waals surface area contributed by atoms with E-state index in [1.807, 2.05) is 13.8 Å². The van der Waals surface area contributed by atoms with Gasteiger partial charge < -0.3 is 4.74 Å². The summed E-state index contributed by atoms with van der Waals surface area (Å²) in [5.74, 6) is 1.66. The predicted octanol–water partition coefficient (Wildman–Crippen LogP) is 5.00. The molecule has 0 saturated carbocycles. The highest BCUT2D eigenvalue weighted by atomic mass is 16.5. The molecule has 2 rings (SSSR count). The molecule has 18 heavy (non-hydrogen) atoms. The third kappa shape index (κ3) is 2.13. The number of allylic oxidation sites excluding steroid dienone is 4. The molecule has 1 aromatic carbocycles. The van der Waals surface area contributed by atoms with Gasteiger partial charge in [0.05, 0.1) is 5.76 Å². The fraction of sp³-hybridized carbons (Fsp3) is 0.294. The summed E-state index contributed by atoms with van der Waals surface area (Å²) in [4.78, 5) is 0. The van der Waals surface area contributed by atoms with Gasteiger partial charge in [0.25, 0.3) is 0 Å². The van der Waals surface area contributed by atoms with E-state index in [0.717, 1.165) is 11.5 Å². The van der Waals surface area contributed by atoms with Crippen molar-refractivity contribution in [2.24, 2.45) is 0 Å². The lowest BCUT2D eigenvalue weighted by molar-refractivity contribution is 0.313. The molecule has 94 valence electrons. The Morgan fingerprint density at radius 3 is 2.28 bits per heavy atom. The number of hydrogen-bond acceptors (Lipinski definition) is 1. The molecule has 0 N–H and O–H groups in total. The summed E-state index contributed by atoms with van der Waals surface area (Å²) in [6.07, 6.45) is 2.22. The van der Waals surface area contributed by atoms with E-state index in [4.69, 9.17) is 4.74 Å². The maximum Gasteiger partial charge on any atom is 0.109 e. The molecule has 0 heterocycles. The van der Waals surface area contributed by atoms with E-state index in [0.29, 0.717) is 0 Å². The number of ether oxygens (including phenoxy) is 1. The Hall–Kier alpha value is -1.76. The maximum atomic E-state index is 5.68. The number of aryl methyl sites for hydroxylation is 2. The zero-order valence-electron chi connectivity index (χ0n) is 11.8. The second-order valence-corrected chi connectivity index (χ2v) is 5.09. The average molecular weight is 240 g/mol. The number of hydrogen-bond donors (Lipinski definition) is 0. The number of benzene rings is 1. The van der Waals surface area contributed by atoms with Crippen LogP contribution in [0, 0.1) is 13.8 Å². The summed E-state index contributed by atoms with van der Waals surface area (Å²) < 4.78 is 5.68. The van der Waals surface area contributed by atoms with Crippen LogP contribution in [-0.2, 0) is 4.74 Å². The third-order valence-electron chi connectivity index (χ3n) is 3.38. The van der Waals surface area contributed by atoms with E-state index >= 15 is 0 Å². The molecule has 0 amide bonds. The van der Waals surface area contributed by atoms with E-state index in [1.165, 1.54) is 33.4 Å². The second kappa shape index (κ2) is 4.49. The van der Waals surface area contributed by atoms with Crippen molar-refractivity contribution in [1.82, 2.24) is 0 Å². The SMILES string of the molecule is C=C(C)O/C(C)=C1/C(C)=Cc2cc(C)c(C)cc21. The third-order valence-corrected chi connectivity index (χ3v) is 3.38. The van der Waals surface area contributed by atoms with Gasteiger partial charge in [0.15, 0.2) is 0 Å². The first kappa shape index (κ1) is 12.7. The minimum absolute atomic E-state index is 0.727. The van der Waals surface area contributed by atoms with Crippen LogP contribution in [0.4, 0.5) is 0 Å². The van der Waals surface area contributed by atoms with Crippen LogP contribution >= 0.6 is 0 Å². The standard InChI is InChI=1S/C17H20O/c1-10(2)18-14(6)17-13(5)8-15-7-11(3)12(4)9-16(15)17/h7-9H,1H2,2-6H3/b17-14-. The highest BCUT2D eigenvalue weighted by Crippen LogP contribution is 2.39. The first-order valence-corrected chi connectivity index (χ1v) is 6.24. The smallest absolute Gasteiger partial charge is 0.109 e. The lowest BCUT2D eigenvalue weighted by Gasteiger charge is -2.12. The van der Waals surface area contributed by atoms with Gasteiger partial charge >= 0.3 is 0 Å². The van der Waals surface area contributed by atoms with Crippen LogP contribution in [0.3, 0.4) is 0 Å². The molecular formula is C17H20O. The Labute approximate surface area is 109 Å². The Morgan fingerprint density at radius 1 is 1.06 bits per heavy atom. The first-order valence-electron chi connectivity index (χ1n) is 6.24. The summed E-state index contributed by atoms with van der Waals surface area (Å²) in [6.45, 7) is 14.1. The van der Waals surface area contributed by atoms with E-state index < -0.39 is 0 Å². The fourth-order valence-corrected chi connectivity index (χ4v) is 2.47. The molecule has 0 fully saturated rings. The van der Waals surface area contributed by atoms with E-state index in [9.17, 15) is 0 Å². The molecule has 0 radical (unpaired) electrons. The van der Waals surface area contributed by atoms with Crippen LogP contribution in [-0.4, -0.2) is 0 Å². The van der Waals surface area contributed by atoms with Crippen molar-refractivity contribution in [3.05, 3.63) is 58.1 Å². The van der Waals surface area contributed by atoms with Crippen molar-refractivity contribution in [2.45, 2.75) is 34.6 Å². The summed E-state index contributed by atoms with van der Waals surface area (Å²) in [5, 5.41) is 0. The van der Waals surface area contributed by atoms with Gasteiger partial charge in [-0.2, -0.15) is 0 Å². The molecule has 1 heteroatoms. The van der Waals surface area contributed by atoms with Gasteiger partial charge in [-0.05, 0) is 62.4 Å². The molecule has 1 aliphatic carbocycles. The number of rotatable bonds is 2. The Morgan fingerprint density at radius 2 is 1.67 bits per heavy atom. The van der Waals surface area contributed by atoms with Crippen molar-refractivity contribution in [1.29, 1.82) is 0 Å². The van der Waals surface area contributed by atoms with Gasteiger partial charge in [0.2, 0.25) is 0 Å². The molecule has 1 aromatic rings. The van der Waals surface area contributed by atoms with Gasteiger partial charge in [-0.3, -0.25) is 0 Å². The van der Waals surface area contributed by atoms with Crippen LogP contribution in [0.1, 0.15) is 43.0 Å². The molecule has 0 unspecified atom stereocenters. The van der Waals surface area contributed by atoms with E-state index in [1.54, 1.807) is 0 Å². The summed E-state index contributed by atoms with van der Waals surface area (Å²) in [7, 11) is 0.